The molecule has 5 heteroatoms. The van der Waals surface area contributed by atoms with Gasteiger partial charge in [0, 0.05) is 29.4 Å². The maximum absolute atomic E-state index is 10.1. The molecule has 1 unspecified atom stereocenters. The highest BCUT2D eigenvalue weighted by atomic mass is 32.1. The van der Waals surface area contributed by atoms with E-state index in [1.165, 1.54) is 5.56 Å². The quantitative estimate of drug-likeness (QED) is 0.780. The maximum atomic E-state index is 10.1. The molecule has 0 amide bonds. The number of aliphatic hydroxyl groups excluding tert-OH is 1. The van der Waals surface area contributed by atoms with Crippen LogP contribution in [0, 0.1) is 5.92 Å². The molecule has 2 aromatic rings. The van der Waals surface area contributed by atoms with Crippen molar-refractivity contribution in [3.63, 3.8) is 0 Å². The van der Waals surface area contributed by atoms with Gasteiger partial charge in [0.1, 0.15) is 5.01 Å². The SMILES string of the molecule is CCC(CC)C(O)CNCc1csc(-c2ccsc2)n1. The largest absolute Gasteiger partial charge is 0.392 e. The van der Waals surface area contributed by atoms with Gasteiger partial charge in [-0.2, -0.15) is 11.3 Å². The summed E-state index contributed by atoms with van der Waals surface area (Å²) < 4.78 is 0. The van der Waals surface area contributed by atoms with Crippen LogP contribution in [0.4, 0.5) is 0 Å². The Bertz CT molecular complexity index is 492. The van der Waals surface area contributed by atoms with Gasteiger partial charge in [0.15, 0.2) is 0 Å². The second-order valence-electron chi connectivity index (χ2n) is 4.93. The van der Waals surface area contributed by atoms with Gasteiger partial charge >= 0.3 is 0 Å². The second-order valence-corrected chi connectivity index (χ2v) is 6.57. The van der Waals surface area contributed by atoms with E-state index >= 15 is 0 Å². The van der Waals surface area contributed by atoms with Gasteiger partial charge in [0.2, 0.25) is 0 Å². The lowest BCUT2D eigenvalue weighted by Crippen LogP contribution is -2.32. The Labute approximate surface area is 128 Å². The zero-order valence-electron chi connectivity index (χ0n) is 12.0. The predicted molar refractivity (Wildman–Crippen MR) is 87.2 cm³/mol. The number of hydrogen-bond acceptors (Lipinski definition) is 5. The van der Waals surface area contributed by atoms with Gasteiger partial charge in [-0.25, -0.2) is 4.98 Å². The molecule has 0 radical (unpaired) electrons. The average Bonchev–Trinajstić information content (AvgIpc) is 3.10. The molecule has 110 valence electrons. The van der Waals surface area contributed by atoms with E-state index in [2.05, 4.69) is 46.4 Å². The van der Waals surface area contributed by atoms with Crippen molar-refractivity contribution in [2.45, 2.75) is 39.3 Å². The average molecular weight is 310 g/mol. The van der Waals surface area contributed by atoms with Gasteiger partial charge in [-0.15, -0.1) is 11.3 Å². The molecule has 0 aliphatic rings. The van der Waals surface area contributed by atoms with Crippen molar-refractivity contribution in [1.29, 1.82) is 0 Å². The molecule has 2 N–H and O–H groups in total. The van der Waals surface area contributed by atoms with Gasteiger partial charge in [-0.3, -0.25) is 0 Å². The van der Waals surface area contributed by atoms with Crippen molar-refractivity contribution in [2.75, 3.05) is 6.54 Å². The van der Waals surface area contributed by atoms with Crippen molar-refractivity contribution < 1.29 is 5.11 Å². The molecule has 2 rings (SSSR count). The Kier molecular flexibility index (Phi) is 6.16. The van der Waals surface area contributed by atoms with Crippen molar-refractivity contribution in [3.05, 3.63) is 27.9 Å². The summed E-state index contributed by atoms with van der Waals surface area (Å²) in [6, 6.07) is 2.09. The van der Waals surface area contributed by atoms with E-state index in [-0.39, 0.29) is 6.10 Å². The summed E-state index contributed by atoms with van der Waals surface area (Å²) in [5.74, 6) is 0.388. The first-order valence-corrected chi connectivity index (χ1v) is 8.92. The van der Waals surface area contributed by atoms with Crippen LogP contribution >= 0.6 is 22.7 Å². The molecule has 1 atom stereocenters. The van der Waals surface area contributed by atoms with Crippen LogP contribution < -0.4 is 5.32 Å². The molecule has 3 nitrogen and oxygen atoms in total. The summed E-state index contributed by atoms with van der Waals surface area (Å²) in [6.45, 7) is 5.62. The Morgan fingerprint density at radius 3 is 2.75 bits per heavy atom. The van der Waals surface area contributed by atoms with Crippen LogP contribution in [0.5, 0.6) is 0 Å². The summed E-state index contributed by atoms with van der Waals surface area (Å²) >= 11 is 3.37. The summed E-state index contributed by atoms with van der Waals surface area (Å²) in [6.07, 6.45) is 1.79. The highest BCUT2D eigenvalue weighted by Gasteiger charge is 2.14. The number of thiazole rings is 1. The lowest BCUT2D eigenvalue weighted by molar-refractivity contribution is 0.101. The number of rotatable bonds is 8. The molecule has 2 aromatic heterocycles. The molecule has 0 bridgehead atoms. The third kappa shape index (κ3) is 4.12. The van der Waals surface area contributed by atoms with Crippen molar-refractivity contribution in [3.8, 4) is 10.6 Å². The van der Waals surface area contributed by atoms with Crippen LogP contribution in [0.25, 0.3) is 10.6 Å². The lowest BCUT2D eigenvalue weighted by atomic mass is 9.96. The van der Waals surface area contributed by atoms with Crippen LogP contribution in [0.15, 0.2) is 22.2 Å². The van der Waals surface area contributed by atoms with E-state index in [1.807, 2.05) is 0 Å². The summed E-state index contributed by atoms with van der Waals surface area (Å²) in [5, 5.41) is 20.7. The molecule has 0 spiro atoms. The van der Waals surface area contributed by atoms with Gasteiger partial charge < -0.3 is 10.4 Å². The molecule has 0 aromatic carbocycles. The van der Waals surface area contributed by atoms with E-state index in [4.69, 9.17) is 0 Å². The number of aromatic nitrogens is 1. The van der Waals surface area contributed by atoms with Gasteiger partial charge in [-0.1, -0.05) is 26.7 Å². The normalized spacial score (nSPS) is 13.0. The molecule has 0 saturated heterocycles. The van der Waals surface area contributed by atoms with Crippen LogP contribution in [0.3, 0.4) is 0 Å². The van der Waals surface area contributed by atoms with Crippen molar-refractivity contribution >= 4 is 22.7 Å². The molecule has 0 fully saturated rings. The van der Waals surface area contributed by atoms with Gasteiger partial charge in [0.25, 0.3) is 0 Å². The Morgan fingerprint density at radius 1 is 1.30 bits per heavy atom. The van der Waals surface area contributed by atoms with Gasteiger partial charge in [0.05, 0.1) is 11.8 Å². The molecular formula is C15H22N2OS2. The number of nitrogens with zero attached hydrogens (tertiary/aromatic N) is 1. The fourth-order valence-electron chi connectivity index (χ4n) is 2.25. The maximum Gasteiger partial charge on any atom is 0.124 e. The lowest BCUT2D eigenvalue weighted by Gasteiger charge is -2.20. The topological polar surface area (TPSA) is 45.1 Å². The van der Waals surface area contributed by atoms with Gasteiger partial charge in [-0.05, 0) is 17.4 Å². The zero-order chi connectivity index (χ0) is 14.4. The first-order chi connectivity index (χ1) is 9.74. The van der Waals surface area contributed by atoms with Crippen molar-refractivity contribution in [2.24, 2.45) is 5.92 Å². The Balaban J connectivity index is 1.80. The fraction of sp³-hybridized carbons (Fsp3) is 0.533. The number of thiophene rings is 1. The smallest absolute Gasteiger partial charge is 0.124 e. The molecule has 20 heavy (non-hydrogen) atoms. The summed E-state index contributed by atoms with van der Waals surface area (Å²) in [5.41, 5.74) is 2.25. The highest BCUT2D eigenvalue weighted by molar-refractivity contribution is 7.14. The minimum Gasteiger partial charge on any atom is -0.392 e. The van der Waals surface area contributed by atoms with Crippen molar-refractivity contribution in [1.82, 2.24) is 10.3 Å². The van der Waals surface area contributed by atoms with E-state index in [0.29, 0.717) is 12.5 Å². The van der Waals surface area contributed by atoms with Crippen LogP contribution in [0.2, 0.25) is 0 Å². The fourth-order valence-corrected chi connectivity index (χ4v) is 3.79. The molecule has 0 aliphatic heterocycles. The van der Waals surface area contributed by atoms with E-state index in [1.54, 1.807) is 22.7 Å². The van der Waals surface area contributed by atoms with E-state index in [9.17, 15) is 5.11 Å². The monoisotopic (exact) mass is 310 g/mol. The standard InChI is InChI=1S/C15H22N2OS2/c1-3-11(4-2)14(18)8-16-7-13-10-20-15(17-13)12-5-6-19-9-12/h5-6,9-11,14,16,18H,3-4,7-8H2,1-2H3. The van der Waals surface area contributed by atoms with E-state index in [0.717, 1.165) is 30.1 Å². The predicted octanol–water partition coefficient (Wildman–Crippen LogP) is 3.76. The van der Waals surface area contributed by atoms with Crippen LogP contribution in [-0.2, 0) is 6.54 Å². The van der Waals surface area contributed by atoms with Crippen LogP contribution in [0.1, 0.15) is 32.4 Å². The zero-order valence-corrected chi connectivity index (χ0v) is 13.6. The summed E-state index contributed by atoms with van der Waals surface area (Å²) in [7, 11) is 0. The van der Waals surface area contributed by atoms with E-state index < -0.39 is 0 Å². The first-order valence-electron chi connectivity index (χ1n) is 7.10. The number of hydrogen-bond donors (Lipinski definition) is 2. The Morgan fingerprint density at radius 2 is 2.10 bits per heavy atom. The first kappa shape index (κ1) is 15.6. The molecule has 2 heterocycles. The molecule has 0 aliphatic carbocycles. The Hall–Kier alpha value is -0.750. The number of nitrogens with one attached hydrogen (secondary N) is 1. The third-order valence-electron chi connectivity index (χ3n) is 3.57. The highest BCUT2D eigenvalue weighted by Crippen LogP contribution is 2.25. The minimum atomic E-state index is -0.264. The summed E-state index contributed by atoms with van der Waals surface area (Å²) in [4.78, 5) is 4.62. The second kappa shape index (κ2) is 7.88. The van der Waals surface area contributed by atoms with Crippen LogP contribution in [-0.4, -0.2) is 22.7 Å². The number of aliphatic hydroxyl groups is 1. The molecule has 0 saturated carbocycles. The molecular weight excluding hydrogens is 288 g/mol. The third-order valence-corrected chi connectivity index (χ3v) is 5.20. The minimum absolute atomic E-state index is 0.264.